The first-order chi connectivity index (χ1) is 7.27. The third kappa shape index (κ3) is 1.12. The van der Waals surface area contributed by atoms with E-state index in [9.17, 15) is 4.79 Å². The van der Waals surface area contributed by atoms with Crippen molar-refractivity contribution in [3.8, 4) is 0 Å². The van der Waals surface area contributed by atoms with Crippen LogP contribution in [0.25, 0.3) is 11.2 Å². The largest absolute Gasteiger partial charge is 0.328 e. The zero-order valence-corrected chi connectivity index (χ0v) is 8.60. The molecule has 5 nitrogen and oxygen atoms in total. The summed E-state index contributed by atoms with van der Waals surface area (Å²) in [5, 5.41) is 0. The summed E-state index contributed by atoms with van der Waals surface area (Å²) in [6.45, 7) is 0.794. The number of fused-ring (bicyclic) bond motifs is 2. The molecule has 0 spiro atoms. The number of rotatable bonds is 0. The molecule has 0 radical (unpaired) electrons. The fraction of sp³-hybridized carbons (Fsp3) is 0.500. The lowest BCUT2D eigenvalue weighted by Crippen LogP contribution is -2.29. The van der Waals surface area contributed by atoms with Gasteiger partial charge in [0.2, 0.25) is 0 Å². The first kappa shape index (κ1) is 8.64. The second-order valence-corrected chi connectivity index (χ2v) is 3.97. The van der Waals surface area contributed by atoms with Crippen molar-refractivity contribution in [1.82, 2.24) is 19.1 Å². The summed E-state index contributed by atoms with van der Waals surface area (Å²) < 4.78 is 3.53. The average molecular weight is 204 g/mol. The molecule has 0 saturated carbocycles. The third-order valence-electron chi connectivity index (χ3n) is 2.94. The quantitative estimate of drug-likeness (QED) is 0.626. The van der Waals surface area contributed by atoms with Gasteiger partial charge in [0.25, 0.3) is 5.56 Å². The van der Waals surface area contributed by atoms with E-state index >= 15 is 0 Å². The fourth-order valence-corrected chi connectivity index (χ4v) is 2.15. The summed E-state index contributed by atoms with van der Waals surface area (Å²) in [6.07, 6.45) is 4.72. The van der Waals surface area contributed by atoms with Crippen LogP contribution in [0.4, 0.5) is 0 Å². The van der Waals surface area contributed by atoms with Crippen molar-refractivity contribution in [2.24, 2.45) is 7.05 Å². The van der Waals surface area contributed by atoms with Gasteiger partial charge >= 0.3 is 0 Å². The highest BCUT2D eigenvalue weighted by Crippen LogP contribution is 2.13. The number of imidazole rings is 1. The lowest BCUT2D eigenvalue weighted by molar-refractivity contribution is 0.499. The zero-order chi connectivity index (χ0) is 10.4. The van der Waals surface area contributed by atoms with Gasteiger partial charge in [-0.3, -0.25) is 9.36 Å². The van der Waals surface area contributed by atoms with Gasteiger partial charge in [0.15, 0.2) is 11.2 Å². The minimum atomic E-state index is 0.0506. The van der Waals surface area contributed by atoms with Gasteiger partial charge in [-0.15, -0.1) is 0 Å². The maximum absolute atomic E-state index is 12.1. The van der Waals surface area contributed by atoms with Gasteiger partial charge in [-0.2, -0.15) is 0 Å². The molecule has 0 unspecified atom stereocenters. The van der Waals surface area contributed by atoms with Gasteiger partial charge in [-0.1, -0.05) is 0 Å². The van der Waals surface area contributed by atoms with E-state index < -0.39 is 0 Å². The molecular formula is C10H12N4O. The second kappa shape index (κ2) is 2.92. The molecular weight excluding hydrogens is 192 g/mol. The smallest absolute Gasteiger partial charge is 0.279 e. The Morgan fingerprint density at radius 1 is 1.40 bits per heavy atom. The molecule has 0 amide bonds. The molecule has 0 aliphatic carbocycles. The summed E-state index contributed by atoms with van der Waals surface area (Å²) in [5.41, 5.74) is 1.24. The Bertz CT molecular complexity index is 581. The van der Waals surface area contributed by atoms with Crippen molar-refractivity contribution in [1.29, 1.82) is 0 Å². The Morgan fingerprint density at radius 2 is 2.27 bits per heavy atom. The summed E-state index contributed by atoms with van der Waals surface area (Å²) in [5.74, 6) is 0.887. The minimum absolute atomic E-state index is 0.0506. The van der Waals surface area contributed by atoms with Gasteiger partial charge in [0, 0.05) is 20.0 Å². The monoisotopic (exact) mass is 204 g/mol. The van der Waals surface area contributed by atoms with Crippen LogP contribution in [-0.4, -0.2) is 19.1 Å². The molecule has 5 heteroatoms. The Labute approximate surface area is 86.4 Å². The van der Waals surface area contributed by atoms with E-state index in [2.05, 4.69) is 9.97 Å². The maximum atomic E-state index is 12.1. The normalized spacial score (nSPS) is 15.5. The predicted octanol–water partition coefficient (Wildman–Crippen LogP) is 0.466. The van der Waals surface area contributed by atoms with E-state index in [0.29, 0.717) is 11.2 Å². The molecule has 0 bridgehead atoms. The predicted molar refractivity (Wildman–Crippen MR) is 55.7 cm³/mol. The van der Waals surface area contributed by atoms with Gasteiger partial charge in [0.05, 0.1) is 6.33 Å². The van der Waals surface area contributed by atoms with Crippen LogP contribution in [0.1, 0.15) is 18.7 Å². The van der Waals surface area contributed by atoms with Crippen LogP contribution >= 0.6 is 0 Å². The van der Waals surface area contributed by atoms with Crippen LogP contribution in [0.3, 0.4) is 0 Å². The van der Waals surface area contributed by atoms with E-state index in [1.165, 1.54) is 0 Å². The average Bonchev–Trinajstić information content (AvgIpc) is 2.61. The second-order valence-electron chi connectivity index (χ2n) is 3.97. The van der Waals surface area contributed by atoms with Crippen molar-refractivity contribution in [2.45, 2.75) is 25.8 Å². The Kier molecular flexibility index (Phi) is 1.68. The van der Waals surface area contributed by atoms with Gasteiger partial charge in [0.1, 0.15) is 5.82 Å². The first-order valence-corrected chi connectivity index (χ1v) is 5.18. The Hall–Kier alpha value is -1.65. The zero-order valence-electron chi connectivity index (χ0n) is 8.60. The molecule has 1 aliphatic rings. The third-order valence-corrected chi connectivity index (χ3v) is 2.94. The van der Waals surface area contributed by atoms with Crippen LogP contribution in [0.2, 0.25) is 0 Å². The standard InChI is InChI=1S/C10H12N4O/c1-13-6-11-9-8(13)10(15)14-5-3-2-4-7(14)12-9/h6H,2-5H2,1H3. The number of hydrogen-bond donors (Lipinski definition) is 0. The van der Waals surface area contributed by atoms with Crippen LogP contribution in [0.15, 0.2) is 11.1 Å². The minimum Gasteiger partial charge on any atom is -0.328 e. The van der Waals surface area contributed by atoms with Crippen molar-refractivity contribution >= 4 is 11.2 Å². The molecule has 3 heterocycles. The Balaban J connectivity index is 2.44. The number of aromatic nitrogens is 4. The number of nitrogens with zero attached hydrogens (tertiary/aromatic N) is 4. The number of aryl methyl sites for hydroxylation is 2. The molecule has 2 aromatic rings. The van der Waals surface area contributed by atoms with E-state index in [-0.39, 0.29) is 5.56 Å². The summed E-state index contributed by atoms with van der Waals surface area (Å²) in [6, 6.07) is 0. The van der Waals surface area contributed by atoms with Crippen molar-refractivity contribution < 1.29 is 0 Å². The van der Waals surface area contributed by atoms with E-state index in [1.54, 1.807) is 15.5 Å². The molecule has 0 atom stereocenters. The molecule has 0 aromatic carbocycles. The van der Waals surface area contributed by atoms with Gasteiger partial charge in [-0.25, -0.2) is 9.97 Å². The molecule has 2 aromatic heterocycles. The first-order valence-electron chi connectivity index (χ1n) is 5.18. The van der Waals surface area contributed by atoms with Gasteiger partial charge in [-0.05, 0) is 12.8 Å². The van der Waals surface area contributed by atoms with Gasteiger partial charge < -0.3 is 4.57 Å². The molecule has 0 N–H and O–H groups in total. The maximum Gasteiger partial charge on any atom is 0.279 e. The van der Waals surface area contributed by atoms with Crippen LogP contribution in [0.5, 0.6) is 0 Å². The molecule has 3 rings (SSSR count). The highest BCUT2D eigenvalue weighted by atomic mass is 16.1. The van der Waals surface area contributed by atoms with E-state index in [4.69, 9.17) is 0 Å². The van der Waals surface area contributed by atoms with Crippen LogP contribution < -0.4 is 5.56 Å². The summed E-state index contributed by atoms with van der Waals surface area (Å²) in [7, 11) is 1.83. The van der Waals surface area contributed by atoms with Crippen LogP contribution in [-0.2, 0) is 20.0 Å². The van der Waals surface area contributed by atoms with E-state index in [1.807, 2.05) is 7.05 Å². The molecule has 15 heavy (non-hydrogen) atoms. The molecule has 1 aliphatic heterocycles. The SMILES string of the molecule is Cn1cnc2nc3n(c(=O)c21)CCCC3. The summed E-state index contributed by atoms with van der Waals surface area (Å²) in [4.78, 5) is 20.7. The van der Waals surface area contributed by atoms with E-state index in [0.717, 1.165) is 31.6 Å². The lowest BCUT2D eigenvalue weighted by Gasteiger charge is -2.16. The fourth-order valence-electron chi connectivity index (χ4n) is 2.15. The lowest BCUT2D eigenvalue weighted by atomic mass is 10.1. The number of hydrogen-bond acceptors (Lipinski definition) is 3. The van der Waals surface area contributed by atoms with Crippen molar-refractivity contribution in [3.05, 3.63) is 22.5 Å². The molecule has 78 valence electrons. The molecule has 0 fully saturated rings. The Morgan fingerprint density at radius 3 is 3.13 bits per heavy atom. The topological polar surface area (TPSA) is 52.7 Å². The highest BCUT2D eigenvalue weighted by molar-refractivity contribution is 5.69. The van der Waals surface area contributed by atoms with Crippen molar-refractivity contribution in [2.75, 3.05) is 0 Å². The summed E-state index contributed by atoms with van der Waals surface area (Å²) >= 11 is 0. The van der Waals surface area contributed by atoms with Crippen molar-refractivity contribution in [3.63, 3.8) is 0 Å². The molecule has 0 saturated heterocycles. The highest BCUT2D eigenvalue weighted by Gasteiger charge is 2.16. The van der Waals surface area contributed by atoms with Crippen LogP contribution in [0, 0.1) is 0 Å².